The molecule has 2 aromatic rings. The van der Waals surface area contributed by atoms with Crippen molar-refractivity contribution in [1.29, 1.82) is 0 Å². The molecule has 24 heavy (non-hydrogen) atoms. The minimum absolute atomic E-state index is 0.0310. The Hall–Kier alpha value is -2.62. The zero-order valence-corrected chi connectivity index (χ0v) is 14.5. The quantitative estimate of drug-likeness (QED) is 0.617. The van der Waals surface area contributed by atoms with Crippen LogP contribution in [0.5, 0.6) is 0 Å². The Kier molecular flexibility index (Phi) is 5.74. The van der Waals surface area contributed by atoms with E-state index in [4.69, 9.17) is 9.47 Å². The smallest absolute Gasteiger partial charge is 0.338 e. The largest absolute Gasteiger partial charge is 0.458 e. The van der Waals surface area contributed by atoms with Gasteiger partial charge in [-0.15, -0.1) is 0 Å². The van der Waals surface area contributed by atoms with Crippen LogP contribution in [0.4, 0.5) is 0 Å². The second kappa shape index (κ2) is 7.77. The summed E-state index contributed by atoms with van der Waals surface area (Å²) in [4.78, 5) is 24.3. The van der Waals surface area contributed by atoms with Crippen LogP contribution in [0.3, 0.4) is 0 Å². The van der Waals surface area contributed by atoms with Crippen molar-refractivity contribution in [1.82, 2.24) is 0 Å². The molecule has 0 unspecified atom stereocenters. The summed E-state index contributed by atoms with van der Waals surface area (Å²) in [6.07, 6.45) is 0. The van der Waals surface area contributed by atoms with E-state index in [1.165, 1.54) is 0 Å². The van der Waals surface area contributed by atoms with Crippen molar-refractivity contribution in [3.63, 3.8) is 0 Å². The third-order valence-electron chi connectivity index (χ3n) is 3.92. The zero-order chi connectivity index (χ0) is 17.7. The molecule has 0 bridgehead atoms. The average molecular weight is 326 g/mol. The maximum Gasteiger partial charge on any atom is 0.338 e. The molecular weight excluding hydrogens is 304 g/mol. The number of carbonyl (C=O) groups excluding carboxylic acids is 2. The zero-order valence-electron chi connectivity index (χ0n) is 14.5. The number of benzene rings is 2. The average Bonchev–Trinajstić information content (AvgIpc) is 2.51. The van der Waals surface area contributed by atoms with Crippen LogP contribution >= 0.6 is 0 Å². The number of rotatable bonds is 5. The van der Waals surface area contributed by atoms with Crippen LogP contribution in [0.25, 0.3) is 0 Å². The summed E-state index contributed by atoms with van der Waals surface area (Å²) >= 11 is 0. The van der Waals surface area contributed by atoms with Crippen molar-refractivity contribution in [2.24, 2.45) is 0 Å². The SMILES string of the molecule is Cc1cccc(C)c1C(=O)OCCOC(=O)c1c(C)cccc1C. The Bertz CT molecular complexity index is 656. The minimum Gasteiger partial charge on any atom is -0.458 e. The monoisotopic (exact) mass is 326 g/mol. The van der Waals surface area contributed by atoms with Crippen LogP contribution in [-0.4, -0.2) is 25.2 Å². The Morgan fingerprint density at radius 2 is 0.958 bits per heavy atom. The molecule has 0 aliphatic rings. The highest BCUT2D eigenvalue weighted by molar-refractivity contribution is 5.93. The van der Waals surface area contributed by atoms with Gasteiger partial charge in [0.05, 0.1) is 11.1 Å². The van der Waals surface area contributed by atoms with Gasteiger partial charge in [-0.2, -0.15) is 0 Å². The van der Waals surface area contributed by atoms with Crippen molar-refractivity contribution in [2.75, 3.05) is 13.2 Å². The first-order valence-corrected chi connectivity index (χ1v) is 7.88. The molecule has 0 radical (unpaired) electrons. The maximum atomic E-state index is 12.1. The van der Waals surface area contributed by atoms with Crippen molar-refractivity contribution >= 4 is 11.9 Å². The number of aryl methyl sites for hydroxylation is 4. The second-order valence-electron chi connectivity index (χ2n) is 5.81. The molecular formula is C20H22O4. The number of ether oxygens (including phenoxy) is 2. The predicted molar refractivity (Wildman–Crippen MR) is 92.4 cm³/mol. The highest BCUT2D eigenvalue weighted by Gasteiger charge is 2.15. The first-order valence-electron chi connectivity index (χ1n) is 7.88. The van der Waals surface area contributed by atoms with Crippen LogP contribution in [-0.2, 0) is 9.47 Å². The van der Waals surface area contributed by atoms with Gasteiger partial charge in [0, 0.05) is 0 Å². The van der Waals surface area contributed by atoms with Crippen molar-refractivity contribution < 1.29 is 19.1 Å². The molecule has 0 saturated heterocycles. The van der Waals surface area contributed by atoms with E-state index < -0.39 is 11.9 Å². The molecule has 0 aliphatic heterocycles. The number of carbonyl (C=O) groups is 2. The Balaban J connectivity index is 1.89. The summed E-state index contributed by atoms with van der Waals surface area (Å²) < 4.78 is 10.4. The van der Waals surface area contributed by atoms with Crippen LogP contribution < -0.4 is 0 Å². The Morgan fingerprint density at radius 1 is 0.667 bits per heavy atom. The summed E-state index contributed by atoms with van der Waals surface area (Å²) in [5.41, 5.74) is 4.61. The van der Waals surface area contributed by atoms with E-state index in [0.29, 0.717) is 11.1 Å². The van der Waals surface area contributed by atoms with E-state index >= 15 is 0 Å². The van der Waals surface area contributed by atoms with E-state index in [1.807, 2.05) is 64.1 Å². The van der Waals surface area contributed by atoms with E-state index in [0.717, 1.165) is 22.3 Å². The number of esters is 2. The summed E-state index contributed by atoms with van der Waals surface area (Å²) in [5.74, 6) is -0.789. The molecule has 0 fully saturated rings. The first kappa shape index (κ1) is 17.7. The van der Waals surface area contributed by atoms with Gasteiger partial charge in [0.1, 0.15) is 13.2 Å². The normalized spacial score (nSPS) is 10.3. The highest BCUT2D eigenvalue weighted by Crippen LogP contribution is 2.16. The predicted octanol–water partition coefficient (Wildman–Crippen LogP) is 3.93. The van der Waals surface area contributed by atoms with Gasteiger partial charge in [-0.1, -0.05) is 36.4 Å². The highest BCUT2D eigenvalue weighted by atomic mass is 16.6. The van der Waals surface area contributed by atoms with Crippen LogP contribution in [0.15, 0.2) is 36.4 Å². The van der Waals surface area contributed by atoms with Crippen molar-refractivity contribution in [3.8, 4) is 0 Å². The minimum atomic E-state index is -0.395. The molecule has 0 N–H and O–H groups in total. The van der Waals surface area contributed by atoms with Crippen LogP contribution in [0, 0.1) is 27.7 Å². The number of hydrogen-bond donors (Lipinski definition) is 0. The lowest BCUT2D eigenvalue weighted by molar-refractivity contribution is 0.0263. The van der Waals surface area contributed by atoms with Gasteiger partial charge in [0.25, 0.3) is 0 Å². The van der Waals surface area contributed by atoms with Gasteiger partial charge in [-0.25, -0.2) is 9.59 Å². The Labute approximate surface area is 142 Å². The summed E-state index contributed by atoms with van der Waals surface area (Å²) in [5, 5.41) is 0. The van der Waals surface area contributed by atoms with Gasteiger partial charge >= 0.3 is 11.9 Å². The van der Waals surface area contributed by atoms with E-state index in [-0.39, 0.29) is 13.2 Å². The topological polar surface area (TPSA) is 52.6 Å². The number of hydrogen-bond acceptors (Lipinski definition) is 4. The summed E-state index contributed by atoms with van der Waals surface area (Å²) in [7, 11) is 0. The van der Waals surface area contributed by atoms with E-state index in [1.54, 1.807) is 0 Å². The van der Waals surface area contributed by atoms with Gasteiger partial charge in [0.15, 0.2) is 0 Å². The lowest BCUT2D eigenvalue weighted by atomic mass is 10.0. The molecule has 0 spiro atoms. The fraction of sp³-hybridized carbons (Fsp3) is 0.300. The van der Waals surface area contributed by atoms with Crippen LogP contribution in [0.2, 0.25) is 0 Å². The van der Waals surface area contributed by atoms with E-state index in [2.05, 4.69) is 0 Å². The molecule has 2 aromatic carbocycles. The third-order valence-corrected chi connectivity index (χ3v) is 3.92. The second-order valence-corrected chi connectivity index (χ2v) is 5.81. The molecule has 2 rings (SSSR count). The third kappa shape index (κ3) is 4.02. The molecule has 0 saturated carbocycles. The standard InChI is InChI=1S/C20H22O4/c1-13-7-5-8-14(2)17(13)19(21)23-11-12-24-20(22)18-15(3)9-6-10-16(18)4/h5-10H,11-12H2,1-4H3. The molecule has 0 atom stereocenters. The van der Waals surface area contributed by atoms with Crippen molar-refractivity contribution in [3.05, 3.63) is 69.8 Å². The van der Waals surface area contributed by atoms with Gasteiger partial charge in [-0.3, -0.25) is 0 Å². The molecule has 0 aliphatic carbocycles. The Morgan fingerprint density at radius 3 is 1.25 bits per heavy atom. The van der Waals surface area contributed by atoms with E-state index in [9.17, 15) is 9.59 Å². The van der Waals surface area contributed by atoms with Gasteiger partial charge in [0.2, 0.25) is 0 Å². The van der Waals surface area contributed by atoms with Gasteiger partial charge in [-0.05, 0) is 49.9 Å². The summed E-state index contributed by atoms with van der Waals surface area (Å²) in [6.45, 7) is 7.52. The fourth-order valence-electron chi connectivity index (χ4n) is 2.69. The molecule has 4 nitrogen and oxygen atoms in total. The van der Waals surface area contributed by atoms with Crippen LogP contribution in [0.1, 0.15) is 43.0 Å². The maximum absolute atomic E-state index is 12.1. The lowest BCUT2D eigenvalue weighted by Gasteiger charge is -2.11. The molecule has 0 heterocycles. The summed E-state index contributed by atoms with van der Waals surface area (Å²) in [6, 6.07) is 11.3. The van der Waals surface area contributed by atoms with Crippen molar-refractivity contribution in [2.45, 2.75) is 27.7 Å². The molecule has 0 amide bonds. The molecule has 0 aromatic heterocycles. The first-order chi connectivity index (χ1) is 11.4. The lowest BCUT2D eigenvalue weighted by Crippen LogP contribution is -2.16. The molecule has 126 valence electrons. The fourth-order valence-corrected chi connectivity index (χ4v) is 2.69. The molecule has 4 heteroatoms. The van der Waals surface area contributed by atoms with Gasteiger partial charge < -0.3 is 9.47 Å².